The van der Waals surface area contributed by atoms with Gasteiger partial charge in [0.25, 0.3) is 6.39 Å². The Labute approximate surface area is 91.1 Å². The summed E-state index contributed by atoms with van der Waals surface area (Å²) in [4.78, 5) is 3.55. The van der Waals surface area contributed by atoms with E-state index in [-0.39, 0.29) is 11.7 Å². The van der Waals surface area contributed by atoms with Crippen LogP contribution in [0.5, 0.6) is 11.7 Å². The number of rotatable bonds is 2. The fraction of sp³-hybridized carbons (Fsp3) is 0. The second-order valence-corrected chi connectivity index (χ2v) is 2.81. The summed E-state index contributed by atoms with van der Waals surface area (Å²) in [7, 11) is 0. The maximum absolute atomic E-state index is 8.84. The van der Waals surface area contributed by atoms with E-state index in [1.165, 1.54) is 24.4 Å². The first kappa shape index (κ1) is 9.75. The molecule has 75 valence electrons. The van der Waals surface area contributed by atoms with E-state index in [0.717, 1.165) is 0 Å². The summed E-state index contributed by atoms with van der Waals surface area (Å²) in [6.07, 6.45) is 3.54. The largest absolute Gasteiger partial charge is 0.423 e. The zero-order valence-corrected chi connectivity index (χ0v) is 7.97. The van der Waals surface area contributed by atoms with E-state index < -0.39 is 0 Å². The minimum absolute atomic E-state index is 0.117. The molecule has 1 aromatic carbocycles. The SMILES string of the molecule is N#Cc1ccc(C#N)c(Oc2cn[c]o2)c1. The lowest BCUT2D eigenvalue weighted by molar-refractivity contribution is 0.342. The van der Waals surface area contributed by atoms with Gasteiger partial charge in [0.15, 0.2) is 0 Å². The Bertz CT molecular complexity index is 576. The number of hydrogen-bond donors (Lipinski definition) is 0. The minimum atomic E-state index is 0.117. The van der Waals surface area contributed by atoms with Gasteiger partial charge in [-0.2, -0.15) is 10.5 Å². The maximum atomic E-state index is 8.84. The predicted molar refractivity (Wildman–Crippen MR) is 51.3 cm³/mol. The summed E-state index contributed by atoms with van der Waals surface area (Å²) in [5.41, 5.74) is 0.716. The van der Waals surface area contributed by atoms with Crippen LogP contribution in [0.25, 0.3) is 0 Å². The first-order valence-electron chi connectivity index (χ1n) is 4.27. The molecule has 0 aliphatic heterocycles. The molecule has 2 rings (SSSR count). The molecule has 5 heteroatoms. The van der Waals surface area contributed by atoms with E-state index in [4.69, 9.17) is 19.7 Å². The standard InChI is InChI=1S/C11H4N3O2/c12-4-8-1-2-9(5-13)10(3-8)16-11-6-14-7-15-11/h1-3,6H. The first-order chi connectivity index (χ1) is 7.83. The molecule has 1 radical (unpaired) electrons. The second kappa shape index (κ2) is 4.16. The van der Waals surface area contributed by atoms with Gasteiger partial charge in [-0.05, 0) is 12.1 Å². The van der Waals surface area contributed by atoms with Crippen LogP contribution in [-0.2, 0) is 0 Å². The zero-order chi connectivity index (χ0) is 11.4. The lowest BCUT2D eigenvalue weighted by Gasteiger charge is -2.03. The van der Waals surface area contributed by atoms with Crippen molar-refractivity contribution in [1.29, 1.82) is 10.5 Å². The average Bonchev–Trinajstić information content (AvgIpc) is 2.82. The Kier molecular flexibility index (Phi) is 2.53. The number of hydrogen-bond acceptors (Lipinski definition) is 5. The molecule has 0 saturated carbocycles. The van der Waals surface area contributed by atoms with Crippen LogP contribution >= 0.6 is 0 Å². The van der Waals surface area contributed by atoms with Crippen molar-refractivity contribution in [3.05, 3.63) is 41.9 Å². The fourth-order valence-corrected chi connectivity index (χ4v) is 1.10. The van der Waals surface area contributed by atoms with Gasteiger partial charge in [-0.1, -0.05) is 0 Å². The Morgan fingerprint density at radius 3 is 2.81 bits per heavy atom. The Morgan fingerprint density at radius 2 is 2.19 bits per heavy atom. The van der Waals surface area contributed by atoms with Gasteiger partial charge in [0.05, 0.1) is 17.2 Å². The number of oxazole rings is 1. The van der Waals surface area contributed by atoms with Gasteiger partial charge in [-0.15, -0.1) is 0 Å². The lowest BCUT2D eigenvalue weighted by atomic mass is 10.1. The number of nitriles is 2. The van der Waals surface area contributed by atoms with E-state index in [1.54, 1.807) is 0 Å². The molecular formula is C11H4N3O2. The smallest absolute Gasteiger partial charge is 0.311 e. The highest BCUT2D eigenvalue weighted by Gasteiger charge is 2.08. The van der Waals surface area contributed by atoms with Crippen LogP contribution in [0.3, 0.4) is 0 Å². The quantitative estimate of drug-likeness (QED) is 0.756. The summed E-state index contributed by atoms with van der Waals surface area (Å²) in [6, 6.07) is 8.41. The van der Waals surface area contributed by atoms with Gasteiger partial charge in [-0.25, -0.2) is 4.98 Å². The molecule has 0 unspecified atom stereocenters. The van der Waals surface area contributed by atoms with Crippen molar-refractivity contribution in [3.8, 4) is 23.8 Å². The number of aromatic nitrogens is 1. The molecule has 5 nitrogen and oxygen atoms in total. The maximum Gasteiger partial charge on any atom is 0.311 e. The molecule has 0 fully saturated rings. The molecule has 0 amide bonds. The summed E-state index contributed by atoms with van der Waals surface area (Å²) in [6.45, 7) is 0. The highest BCUT2D eigenvalue weighted by molar-refractivity contribution is 5.49. The molecule has 2 aromatic rings. The number of benzene rings is 1. The van der Waals surface area contributed by atoms with Crippen LogP contribution in [0.1, 0.15) is 11.1 Å². The molecule has 16 heavy (non-hydrogen) atoms. The highest BCUT2D eigenvalue weighted by atomic mass is 16.6. The highest BCUT2D eigenvalue weighted by Crippen LogP contribution is 2.25. The Hall–Kier alpha value is -2.79. The predicted octanol–water partition coefficient (Wildman–Crippen LogP) is 2.01. The summed E-state index contributed by atoms with van der Waals surface area (Å²) in [5, 5.41) is 17.6. The molecule has 0 aliphatic carbocycles. The molecule has 0 saturated heterocycles. The van der Waals surface area contributed by atoms with Crippen molar-refractivity contribution in [2.24, 2.45) is 0 Å². The van der Waals surface area contributed by atoms with E-state index in [0.29, 0.717) is 11.1 Å². The molecule has 0 spiro atoms. The van der Waals surface area contributed by atoms with Crippen LogP contribution in [0.4, 0.5) is 0 Å². The Morgan fingerprint density at radius 1 is 1.31 bits per heavy atom. The lowest BCUT2D eigenvalue weighted by Crippen LogP contribution is -1.88. The molecule has 0 bridgehead atoms. The molecule has 1 heterocycles. The number of nitrogens with zero attached hydrogens (tertiary/aromatic N) is 3. The van der Waals surface area contributed by atoms with Gasteiger partial charge >= 0.3 is 5.95 Å². The van der Waals surface area contributed by atoms with Crippen molar-refractivity contribution in [1.82, 2.24) is 4.98 Å². The normalized spacial score (nSPS) is 9.12. The van der Waals surface area contributed by atoms with Crippen LogP contribution in [0.15, 0.2) is 28.8 Å². The minimum Gasteiger partial charge on any atom is -0.423 e. The monoisotopic (exact) mass is 210 g/mol. The van der Waals surface area contributed by atoms with Crippen molar-refractivity contribution < 1.29 is 9.15 Å². The van der Waals surface area contributed by atoms with Gasteiger partial charge in [0.1, 0.15) is 18.0 Å². The average molecular weight is 210 g/mol. The topological polar surface area (TPSA) is 82.8 Å². The van der Waals surface area contributed by atoms with Gasteiger partial charge in [-0.3, -0.25) is 0 Å². The summed E-state index contributed by atoms with van der Waals surface area (Å²) >= 11 is 0. The molecular weight excluding hydrogens is 206 g/mol. The summed E-state index contributed by atoms with van der Waals surface area (Å²) < 4.78 is 10.0. The van der Waals surface area contributed by atoms with E-state index in [9.17, 15) is 0 Å². The van der Waals surface area contributed by atoms with E-state index in [2.05, 4.69) is 11.4 Å². The van der Waals surface area contributed by atoms with Crippen LogP contribution in [-0.4, -0.2) is 4.98 Å². The zero-order valence-electron chi connectivity index (χ0n) is 7.97. The van der Waals surface area contributed by atoms with E-state index in [1.807, 2.05) is 12.1 Å². The Balaban J connectivity index is 2.39. The third-order valence-electron chi connectivity index (χ3n) is 1.81. The summed E-state index contributed by atoms with van der Waals surface area (Å²) in [5.74, 6) is 0.373. The second-order valence-electron chi connectivity index (χ2n) is 2.81. The van der Waals surface area contributed by atoms with Gasteiger partial charge in [0.2, 0.25) is 0 Å². The van der Waals surface area contributed by atoms with Gasteiger partial charge < -0.3 is 9.15 Å². The molecule has 0 N–H and O–H groups in total. The van der Waals surface area contributed by atoms with Crippen molar-refractivity contribution >= 4 is 0 Å². The van der Waals surface area contributed by atoms with Crippen LogP contribution in [0, 0.1) is 29.1 Å². The fourth-order valence-electron chi connectivity index (χ4n) is 1.10. The van der Waals surface area contributed by atoms with E-state index >= 15 is 0 Å². The first-order valence-corrected chi connectivity index (χ1v) is 4.27. The molecule has 0 atom stereocenters. The van der Waals surface area contributed by atoms with Crippen molar-refractivity contribution in [2.45, 2.75) is 0 Å². The third-order valence-corrected chi connectivity index (χ3v) is 1.81. The third kappa shape index (κ3) is 1.84. The van der Waals surface area contributed by atoms with Crippen molar-refractivity contribution in [2.75, 3.05) is 0 Å². The van der Waals surface area contributed by atoms with Crippen molar-refractivity contribution in [3.63, 3.8) is 0 Å². The molecule has 0 aliphatic rings. The molecule has 1 aromatic heterocycles. The van der Waals surface area contributed by atoms with Crippen LogP contribution in [0.2, 0.25) is 0 Å². The van der Waals surface area contributed by atoms with Crippen LogP contribution < -0.4 is 4.74 Å². The van der Waals surface area contributed by atoms with Gasteiger partial charge in [0, 0.05) is 6.07 Å². The number of ether oxygens (including phenoxy) is 1.